The molecule has 2 aromatic heterocycles. The summed E-state index contributed by atoms with van der Waals surface area (Å²) in [4.78, 5) is 15.0. The number of likely N-dealkylation sites (tertiary alicyclic amines) is 1. The van der Waals surface area contributed by atoms with Crippen molar-refractivity contribution in [3.63, 3.8) is 0 Å². The normalized spacial score (nSPS) is 14.5. The minimum Gasteiger partial charge on any atom is -0.347 e. The Balaban J connectivity index is 1.37. The van der Waals surface area contributed by atoms with Gasteiger partial charge in [0.05, 0.1) is 11.4 Å². The van der Waals surface area contributed by atoms with E-state index in [0.29, 0.717) is 12.2 Å². The van der Waals surface area contributed by atoms with Gasteiger partial charge in [0.15, 0.2) is 0 Å². The number of hydrogen-bond acceptors (Lipinski definition) is 4. The Morgan fingerprint density at radius 2 is 2.00 bits per heavy atom. The largest absolute Gasteiger partial charge is 0.347 e. The van der Waals surface area contributed by atoms with Gasteiger partial charge >= 0.3 is 0 Å². The van der Waals surface area contributed by atoms with E-state index in [0.717, 1.165) is 29.1 Å². The molecule has 0 radical (unpaired) electrons. The number of H-pyrrole nitrogens is 1. The molecule has 1 aliphatic rings. The van der Waals surface area contributed by atoms with Gasteiger partial charge in [0.2, 0.25) is 0 Å². The maximum atomic E-state index is 12.5. The summed E-state index contributed by atoms with van der Waals surface area (Å²) in [6.45, 7) is 5.76. The van der Waals surface area contributed by atoms with Gasteiger partial charge in [0, 0.05) is 31.9 Å². The highest BCUT2D eigenvalue weighted by molar-refractivity contribution is 5.93. The zero-order chi connectivity index (χ0) is 19.5. The zero-order valence-electron chi connectivity index (χ0n) is 16.4. The van der Waals surface area contributed by atoms with Gasteiger partial charge in [-0.2, -0.15) is 10.2 Å². The molecule has 7 heteroatoms. The van der Waals surface area contributed by atoms with Gasteiger partial charge in [0.1, 0.15) is 5.69 Å². The molecule has 7 nitrogen and oxygen atoms in total. The van der Waals surface area contributed by atoms with E-state index in [1.807, 2.05) is 26.2 Å². The molecule has 0 aliphatic carbocycles. The van der Waals surface area contributed by atoms with E-state index in [1.165, 1.54) is 31.5 Å². The summed E-state index contributed by atoms with van der Waals surface area (Å²) in [5, 5.41) is 14.4. The first-order chi connectivity index (χ1) is 13.6. The minimum absolute atomic E-state index is 0.162. The van der Waals surface area contributed by atoms with Crippen LogP contribution in [0.2, 0.25) is 0 Å². The van der Waals surface area contributed by atoms with Crippen molar-refractivity contribution in [1.29, 1.82) is 0 Å². The lowest BCUT2D eigenvalue weighted by molar-refractivity contribution is 0.0946. The summed E-state index contributed by atoms with van der Waals surface area (Å²) < 4.78 is 1.74. The van der Waals surface area contributed by atoms with Crippen LogP contribution in [0.3, 0.4) is 0 Å². The number of aromatic nitrogens is 4. The molecular weight excluding hydrogens is 352 g/mol. The second-order valence-corrected chi connectivity index (χ2v) is 7.45. The Morgan fingerprint density at radius 1 is 1.21 bits per heavy atom. The van der Waals surface area contributed by atoms with Crippen LogP contribution in [-0.4, -0.2) is 43.9 Å². The van der Waals surface area contributed by atoms with Crippen molar-refractivity contribution in [1.82, 2.24) is 30.2 Å². The second-order valence-electron chi connectivity index (χ2n) is 7.45. The first-order valence-corrected chi connectivity index (χ1v) is 9.73. The molecule has 0 saturated carbocycles. The van der Waals surface area contributed by atoms with Crippen molar-refractivity contribution >= 4 is 5.91 Å². The van der Waals surface area contributed by atoms with E-state index in [2.05, 4.69) is 43.7 Å². The zero-order valence-corrected chi connectivity index (χ0v) is 16.4. The molecule has 0 unspecified atom stereocenters. The molecule has 146 valence electrons. The predicted molar refractivity (Wildman–Crippen MR) is 108 cm³/mol. The molecule has 1 saturated heterocycles. The Bertz CT molecular complexity index is 967. The highest BCUT2D eigenvalue weighted by Gasteiger charge is 2.15. The molecule has 1 amide bonds. The van der Waals surface area contributed by atoms with Crippen LogP contribution in [-0.2, 0) is 20.1 Å². The Kier molecular flexibility index (Phi) is 5.25. The molecule has 1 fully saturated rings. The number of hydrogen-bond donors (Lipinski definition) is 2. The number of aromatic amines is 1. The lowest BCUT2D eigenvalue weighted by Gasteiger charge is -2.15. The summed E-state index contributed by atoms with van der Waals surface area (Å²) in [7, 11) is 1.87. The van der Waals surface area contributed by atoms with E-state index in [4.69, 9.17) is 0 Å². The van der Waals surface area contributed by atoms with Crippen LogP contribution in [0.5, 0.6) is 0 Å². The van der Waals surface area contributed by atoms with Gasteiger partial charge in [-0.3, -0.25) is 19.5 Å². The van der Waals surface area contributed by atoms with Crippen molar-refractivity contribution in [2.24, 2.45) is 7.05 Å². The number of benzene rings is 1. The smallest absolute Gasteiger partial charge is 0.269 e. The van der Waals surface area contributed by atoms with Crippen molar-refractivity contribution in [3.8, 4) is 11.3 Å². The maximum Gasteiger partial charge on any atom is 0.269 e. The quantitative estimate of drug-likeness (QED) is 0.691. The van der Waals surface area contributed by atoms with Gasteiger partial charge < -0.3 is 5.32 Å². The van der Waals surface area contributed by atoms with Gasteiger partial charge in [-0.25, -0.2) is 0 Å². The van der Waals surface area contributed by atoms with Crippen LogP contribution in [0.4, 0.5) is 0 Å². The topological polar surface area (TPSA) is 78.8 Å². The SMILES string of the molecule is Cc1nn(C)cc1-c1cc(C(=O)NCc2cccc(CN3CCCC3)c2)[nH]n1. The Labute approximate surface area is 164 Å². The number of carbonyl (C=O) groups excluding carboxylic acids is 1. The third kappa shape index (κ3) is 4.14. The molecule has 1 aliphatic heterocycles. The minimum atomic E-state index is -0.162. The fraction of sp³-hybridized carbons (Fsp3) is 0.381. The highest BCUT2D eigenvalue weighted by Crippen LogP contribution is 2.20. The van der Waals surface area contributed by atoms with Crippen molar-refractivity contribution < 1.29 is 4.79 Å². The van der Waals surface area contributed by atoms with Gasteiger partial charge in [0.25, 0.3) is 5.91 Å². The molecule has 3 aromatic rings. The molecule has 0 bridgehead atoms. The van der Waals surface area contributed by atoms with Crippen LogP contribution in [0.25, 0.3) is 11.3 Å². The van der Waals surface area contributed by atoms with Crippen LogP contribution in [0.15, 0.2) is 36.5 Å². The fourth-order valence-corrected chi connectivity index (χ4v) is 3.74. The van der Waals surface area contributed by atoms with Crippen LogP contribution in [0.1, 0.15) is 40.2 Å². The summed E-state index contributed by atoms with van der Waals surface area (Å²) in [6, 6.07) is 10.2. The average molecular weight is 378 g/mol. The maximum absolute atomic E-state index is 12.5. The monoisotopic (exact) mass is 378 g/mol. The average Bonchev–Trinajstić information content (AvgIpc) is 3.41. The number of amides is 1. The van der Waals surface area contributed by atoms with E-state index >= 15 is 0 Å². The van der Waals surface area contributed by atoms with E-state index in [-0.39, 0.29) is 5.91 Å². The fourth-order valence-electron chi connectivity index (χ4n) is 3.74. The Hall–Kier alpha value is -2.93. The van der Waals surface area contributed by atoms with Gasteiger partial charge in [-0.15, -0.1) is 0 Å². The number of carbonyl (C=O) groups is 1. The molecule has 0 spiro atoms. The van der Waals surface area contributed by atoms with Crippen LogP contribution >= 0.6 is 0 Å². The lowest BCUT2D eigenvalue weighted by atomic mass is 10.1. The number of rotatable bonds is 6. The summed E-state index contributed by atoms with van der Waals surface area (Å²) in [6.07, 6.45) is 4.49. The van der Waals surface area contributed by atoms with E-state index in [1.54, 1.807) is 10.7 Å². The van der Waals surface area contributed by atoms with Gasteiger partial charge in [-0.05, 0) is 50.0 Å². The summed E-state index contributed by atoms with van der Waals surface area (Å²) >= 11 is 0. The van der Waals surface area contributed by atoms with E-state index in [9.17, 15) is 4.79 Å². The van der Waals surface area contributed by atoms with E-state index < -0.39 is 0 Å². The second kappa shape index (κ2) is 7.98. The molecule has 0 atom stereocenters. The molecule has 1 aromatic carbocycles. The van der Waals surface area contributed by atoms with Crippen molar-refractivity contribution in [3.05, 3.63) is 59.0 Å². The lowest BCUT2D eigenvalue weighted by Crippen LogP contribution is -2.23. The molecule has 3 heterocycles. The molecule has 28 heavy (non-hydrogen) atoms. The number of aryl methyl sites for hydroxylation is 2. The van der Waals surface area contributed by atoms with Crippen molar-refractivity contribution in [2.45, 2.75) is 32.9 Å². The molecule has 2 N–H and O–H groups in total. The predicted octanol–water partition coefficient (Wildman–Crippen LogP) is 2.64. The van der Waals surface area contributed by atoms with Crippen LogP contribution in [0, 0.1) is 6.92 Å². The van der Waals surface area contributed by atoms with Crippen LogP contribution < -0.4 is 5.32 Å². The molecule has 4 rings (SSSR count). The summed E-state index contributed by atoms with van der Waals surface area (Å²) in [5.74, 6) is -0.162. The summed E-state index contributed by atoms with van der Waals surface area (Å²) in [5.41, 5.74) is 5.38. The number of nitrogens with one attached hydrogen (secondary N) is 2. The highest BCUT2D eigenvalue weighted by atomic mass is 16.1. The van der Waals surface area contributed by atoms with Gasteiger partial charge in [-0.1, -0.05) is 24.3 Å². The standard InChI is InChI=1S/C21H26N6O/c1-15-18(14-26(2)25-15)19-11-20(24-23-19)21(28)22-12-16-6-5-7-17(10-16)13-27-8-3-4-9-27/h5-7,10-11,14H,3-4,8-9,12-13H2,1-2H3,(H,22,28)(H,23,24). The first kappa shape index (κ1) is 18.4. The first-order valence-electron chi connectivity index (χ1n) is 9.73. The molecular formula is C21H26N6O. The Morgan fingerprint density at radius 3 is 2.75 bits per heavy atom. The number of nitrogens with zero attached hydrogens (tertiary/aromatic N) is 4. The third-order valence-electron chi connectivity index (χ3n) is 5.16. The van der Waals surface area contributed by atoms with Crippen molar-refractivity contribution in [2.75, 3.05) is 13.1 Å². The third-order valence-corrected chi connectivity index (χ3v) is 5.16.